The number of hydrogen-bond donors (Lipinski definition) is 1. The van der Waals surface area contributed by atoms with E-state index in [4.69, 9.17) is 10.5 Å². The molecule has 0 radical (unpaired) electrons. The molecule has 0 aliphatic rings. The molecule has 0 spiro atoms. The Labute approximate surface area is 126 Å². The van der Waals surface area contributed by atoms with Gasteiger partial charge in [0.15, 0.2) is 0 Å². The van der Waals surface area contributed by atoms with Crippen LogP contribution in [-0.4, -0.2) is 6.04 Å². The number of benzene rings is 1. The van der Waals surface area contributed by atoms with Crippen molar-refractivity contribution < 1.29 is 4.74 Å². The van der Waals surface area contributed by atoms with Crippen molar-refractivity contribution in [2.75, 3.05) is 0 Å². The van der Waals surface area contributed by atoms with Crippen molar-refractivity contribution in [2.24, 2.45) is 5.73 Å². The number of nitrogens with two attached hydrogens (primary N) is 1. The third-order valence-electron chi connectivity index (χ3n) is 2.98. The molecule has 4 heteroatoms. The maximum atomic E-state index is 6.02. The molecule has 1 unspecified atom stereocenters. The molecule has 0 saturated carbocycles. The third kappa shape index (κ3) is 4.34. The van der Waals surface area contributed by atoms with Crippen LogP contribution in [0.1, 0.15) is 23.8 Å². The van der Waals surface area contributed by atoms with Crippen LogP contribution in [0.15, 0.2) is 40.2 Å². The quantitative estimate of drug-likeness (QED) is 0.847. The van der Waals surface area contributed by atoms with Gasteiger partial charge in [0.05, 0.1) is 0 Å². The summed E-state index contributed by atoms with van der Waals surface area (Å²) in [4.78, 5) is 1.23. The summed E-state index contributed by atoms with van der Waals surface area (Å²) in [5.41, 5.74) is 7.22. The summed E-state index contributed by atoms with van der Waals surface area (Å²) >= 11 is 5.28. The zero-order chi connectivity index (χ0) is 13.7. The van der Waals surface area contributed by atoms with Crippen LogP contribution in [-0.2, 0) is 13.0 Å². The van der Waals surface area contributed by atoms with Crippen LogP contribution >= 0.6 is 27.3 Å². The molecule has 1 heterocycles. The van der Waals surface area contributed by atoms with Gasteiger partial charge >= 0.3 is 0 Å². The predicted octanol–water partition coefficient (Wildman–Crippen LogP) is 4.37. The monoisotopic (exact) mass is 339 g/mol. The van der Waals surface area contributed by atoms with Gasteiger partial charge in [0.25, 0.3) is 0 Å². The zero-order valence-electron chi connectivity index (χ0n) is 10.9. The second kappa shape index (κ2) is 7.08. The van der Waals surface area contributed by atoms with E-state index < -0.39 is 0 Å². The highest BCUT2D eigenvalue weighted by molar-refractivity contribution is 9.10. The minimum absolute atomic E-state index is 0.198. The van der Waals surface area contributed by atoms with Gasteiger partial charge in [0.1, 0.15) is 12.4 Å². The second-order valence-electron chi connectivity index (χ2n) is 4.49. The summed E-state index contributed by atoms with van der Waals surface area (Å²) in [5.74, 6) is 0.898. The minimum atomic E-state index is 0.198. The van der Waals surface area contributed by atoms with Crippen LogP contribution < -0.4 is 10.5 Å². The fourth-order valence-corrected chi connectivity index (χ4v) is 2.80. The number of halogens is 1. The van der Waals surface area contributed by atoms with Crippen molar-refractivity contribution in [3.8, 4) is 5.75 Å². The Hall–Kier alpha value is -0.840. The Bertz CT molecular complexity index is 513. The zero-order valence-corrected chi connectivity index (χ0v) is 13.3. The summed E-state index contributed by atoms with van der Waals surface area (Å²) < 4.78 is 6.91. The largest absolute Gasteiger partial charge is 0.488 e. The summed E-state index contributed by atoms with van der Waals surface area (Å²) in [6.07, 6.45) is 1.85. The van der Waals surface area contributed by atoms with E-state index in [-0.39, 0.29) is 6.04 Å². The van der Waals surface area contributed by atoms with Crippen molar-refractivity contribution in [1.82, 2.24) is 0 Å². The van der Waals surface area contributed by atoms with Crippen LogP contribution in [0.25, 0.3) is 0 Å². The van der Waals surface area contributed by atoms with Crippen LogP contribution in [0.5, 0.6) is 5.75 Å². The molecular formula is C15H18BrNOS. The molecule has 2 nitrogen and oxygen atoms in total. The predicted molar refractivity (Wildman–Crippen MR) is 84.8 cm³/mol. The maximum Gasteiger partial charge on any atom is 0.122 e. The van der Waals surface area contributed by atoms with Crippen LogP contribution in [0.2, 0.25) is 0 Å². The first kappa shape index (κ1) is 14.6. The third-order valence-corrected chi connectivity index (χ3v) is 4.61. The van der Waals surface area contributed by atoms with E-state index in [9.17, 15) is 0 Å². The number of rotatable bonds is 6. The lowest BCUT2D eigenvalue weighted by Crippen LogP contribution is -2.21. The lowest BCUT2D eigenvalue weighted by molar-refractivity contribution is 0.309. The molecule has 1 aromatic carbocycles. The first-order valence-corrected chi connectivity index (χ1v) is 8.05. The maximum absolute atomic E-state index is 6.02. The van der Waals surface area contributed by atoms with Crippen molar-refractivity contribution in [2.45, 2.75) is 32.4 Å². The van der Waals surface area contributed by atoms with Gasteiger partial charge in [-0.1, -0.05) is 28.9 Å². The average Bonchev–Trinajstić information content (AvgIpc) is 2.92. The SMILES string of the molecule is CCC(N)Cc1cc(OCc2cccs2)ccc1Br. The standard InChI is InChI=1S/C15H18BrNOS/c1-2-12(17)8-11-9-13(5-6-15(11)16)18-10-14-4-3-7-19-14/h3-7,9,12H,2,8,10,17H2,1H3. The minimum Gasteiger partial charge on any atom is -0.488 e. The Balaban J connectivity index is 2.03. The van der Waals surface area contributed by atoms with Crippen molar-refractivity contribution in [1.29, 1.82) is 0 Å². The van der Waals surface area contributed by atoms with Crippen molar-refractivity contribution in [3.05, 3.63) is 50.6 Å². The van der Waals surface area contributed by atoms with Crippen LogP contribution in [0, 0.1) is 0 Å². The molecule has 19 heavy (non-hydrogen) atoms. The molecule has 0 fully saturated rings. The Kier molecular flexibility index (Phi) is 5.43. The fraction of sp³-hybridized carbons (Fsp3) is 0.333. The van der Waals surface area contributed by atoms with E-state index in [1.807, 2.05) is 18.2 Å². The second-order valence-corrected chi connectivity index (χ2v) is 6.38. The molecule has 2 rings (SSSR count). The molecular weight excluding hydrogens is 322 g/mol. The van der Waals surface area contributed by atoms with E-state index in [1.165, 1.54) is 10.4 Å². The van der Waals surface area contributed by atoms with E-state index in [1.54, 1.807) is 11.3 Å². The molecule has 0 aliphatic carbocycles. The van der Waals surface area contributed by atoms with E-state index in [2.05, 4.69) is 40.4 Å². The van der Waals surface area contributed by atoms with E-state index in [0.717, 1.165) is 23.1 Å². The van der Waals surface area contributed by atoms with Crippen LogP contribution in [0.3, 0.4) is 0 Å². The molecule has 2 aromatic rings. The summed E-state index contributed by atoms with van der Waals surface area (Å²) in [6, 6.07) is 10.4. The molecule has 0 bridgehead atoms. The average molecular weight is 340 g/mol. The summed E-state index contributed by atoms with van der Waals surface area (Å²) in [7, 11) is 0. The molecule has 1 aromatic heterocycles. The topological polar surface area (TPSA) is 35.2 Å². The normalized spacial score (nSPS) is 12.4. The molecule has 102 valence electrons. The molecule has 0 aliphatic heterocycles. The van der Waals surface area contributed by atoms with Crippen molar-refractivity contribution >= 4 is 27.3 Å². The van der Waals surface area contributed by atoms with Gasteiger partial charge in [-0.3, -0.25) is 0 Å². The highest BCUT2D eigenvalue weighted by atomic mass is 79.9. The molecule has 2 N–H and O–H groups in total. The molecule has 0 amide bonds. The number of thiophene rings is 1. The molecule has 0 saturated heterocycles. The summed E-state index contributed by atoms with van der Waals surface area (Å²) in [6.45, 7) is 2.73. The van der Waals surface area contributed by atoms with Crippen molar-refractivity contribution in [3.63, 3.8) is 0 Å². The lowest BCUT2D eigenvalue weighted by atomic mass is 10.0. The van der Waals surface area contributed by atoms with Crippen LogP contribution in [0.4, 0.5) is 0 Å². The fourth-order valence-electron chi connectivity index (χ4n) is 1.77. The number of hydrogen-bond acceptors (Lipinski definition) is 3. The van der Waals surface area contributed by atoms with Gasteiger partial charge in [-0.05, 0) is 48.1 Å². The first-order valence-electron chi connectivity index (χ1n) is 6.38. The molecule has 1 atom stereocenters. The summed E-state index contributed by atoms with van der Waals surface area (Å²) in [5, 5.41) is 2.06. The first-order chi connectivity index (χ1) is 9.19. The smallest absolute Gasteiger partial charge is 0.122 e. The Morgan fingerprint density at radius 2 is 2.21 bits per heavy atom. The highest BCUT2D eigenvalue weighted by Gasteiger charge is 2.07. The Morgan fingerprint density at radius 1 is 1.37 bits per heavy atom. The van der Waals surface area contributed by atoms with Gasteiger partial charge in [-0.2, -0.15) is 0 Å². The Morgan fingerprint density at radius 3 is 2.89 bits per heavy atom. The van der Waals surface area contributed by atoms with Gasteiger partial charge in [-0.25, -0.2) is 0 Å². The van der Waals surface area contributed by atoms with E-state index >= 15 is 0 Å². The van der Waals surface area contributed by atoms with Gasteiger partial charge in [0, 0.05) is 15.4 Å². The van der Waals surface area contributed by atoms with Gasteiger partial charge in [-0.15, -0.1) is 11.3 Å². The van der Waals surface area contributed by atoms with Gasteiger partial charge < -0.3 is 10.5 Å². The van der Waals surface area contributed by atoms with Gasteiger partial charge in [0.2, 0.25) is 0 Å². The highest BCUT2D eigenvalue weighted by Crippen LogP contribution is 2.25. The lowest BCUT2D eigenvalue weighted by Gasteiger charge is -2.12. The van der Waals surface area contributed by atoms with E-state index in [0.29, 0.717) is 6.61 Å². The number of ether oxygens (including phenoxy) is 1.